The van der Waals surface area contributed by atoms with Gasteiger partial charge in [-0.15, -0.1) is 0 Å². The topological polar surface area (TPSA) is 66.8 Å². The fourth-order valence-electron chi connectivity index (χ4n) is 2.98. The summed E-state index contributed by atoms with van der Waals surface area (Å²) in [6.07, 6.45) is -0.830. The van der Waals surface area contributed by atoms with E-state index in [2.05, 4.69) is 0 Å². The molecule has 1 atom stereocenters. The van der Waals surface area contributed by atoms with Gasteiger partial charge in [-0.3, -0.25) is 9.69 Å². The Kier molecular flexibility index (Phi) is 5.07. The quantitative estimate of drug-likeness (QED) is 0.819. The minimum Gasteiger partial charge on any atom is -0.465 e. The van der Waals surface area contributed by atoms with Crippen molar-refractivity contribution in [2.45, 2.75) is 12.5 Å². The first-order valence-corrected chi connectivity index (χ1v) is 9.50. The zero-order chi connectivity index (χ0) is 16.9. The molecule has 3 rings (SSSR count). The van der Waals surface area contributed by atoms with Crippen LogP contribution in [0.15, 0.2) is 60.7 Å². The molecule has 1 fully saturated rings. The van der Waals surface area contributed by atoms with E-state index < -0.39 is 21.2 Å². The van der Waals surface area contributed by atoms with E-state index in [0.29, 0.717) is 0 Å². The van der Waals surface area contributed by atoms with Crippen LogP contribution >= 0.6 is 0 Å². The third-order valence-corrected chi connectivity index (χ3v) is 6.66. The molecule has 0 radical (unpaired) electrons. The van der Waals surface area contributed by atoms with E-state index in [-0.39, 0.29) is 25.4 Å². The van der Waals surface area contributed by atoms with Gasteiger partial charge in [0.2, 0.25) is 9.04 Å². The van der Waals surface area contributed by atoms with Crippen LogP contribution < -0.4 is 10.4 Å². The second kappa shape index (κ2) is 7.42. The van der Waals surface area contributed by atoms with Gasteiger partial charge in [0.1, 0.15) is 0 Å². The number of carboxylic acid groups (broad SMARTS) is 1. The summed E-state index contributed by atoms with van der Waals surface area (Å²) in [6, 6.07) is 19.6. The summed E-state index contributed by atoms with van der Waals surface area (Å²) in [4.78, 5) is 24.1. The lowest BCUT2D eigenvalue weighted by molar-refractivity contribution is -0.116. The van der Waals surface area contributed by atoms with Gasteiger partial charge in [-0.2, -0.15) is 0 Å². The van der Waals surface area contributed by atoms with Crippen LogP contribution in [-0.2, 0) is 9.22 Å². The fourth-order valence-corrected chi connectivity index (χ4v) is 5.31. The highest BCUT2D eigenvalue weighted by Gasteiger charge is 2.34. The largest absolute Gasteiger partial charge is 0.465 e. The van der Waals surface area contributed by atoms with E-state index in [9.17, 15) is 14.7 Å². The number of carbonyl (C=O) groups is 2. The van der Waals surface area contributed by atoms with Gasteiger partial charge in [-0.1, -0.05) is 60.7 Å². The van der Waals surface area contributed by atoms with Crippen LogP contribution in [0.3, 0.4) is 0 Å². The van der Waals surface area contributed by atoms with Crippen LogP contribution in [0.1, 0.15) is 6.42 Å². The van der Waals surface area contributed by atoms with Gasteiger partial charge in [0.15, 0.2) is 5.78 Å². The number of Topliss-reactive ketones (excluding diaryl/α,β-unsaturated/α-hetero) is 1. The van der Waals surface area contributed by atoms with Crippen molar-refractivity contribution in [3.8, 4) is 0 Å². The Morgan fingerprint density at radius 2 is 1.62 bits per heavy atom. The van der Waals surface area contributed by atoms with Crippen LogP contribution in [0, 0.1) is 0 Å². The van der Waals surface area contributed by atoms with Crippen LogP contribution in [-0.4, -0.2) is 50.1 Å². The maximum atomic E-state index is 11.6. The Morgan fingerprint density at radius 3 is 2.12 bits per heavy atom. The van der Waals surface area contributed by atoms with Crippen LogP contribution in [0.2, 0.25) is 0 Å². The molecule has 2 aromatic rings. The van der Waals surface area contributed by atoms with Crippen molar-refractivity contribution in [1.29, 1.82) is 0 Å². The summed E-state index contributed by atoms with van der Waals surface area (Å²) >= 11 is 0. The average Bonchev–Trinajstić information content (AvgIpc) is 2.98. The Balaban J connectivity index is 1.78. The molecular weight excluding hydrogens is 322 g/mol. The highest BCUT2D eigenvalue weighted by Crippen LogP contribution is 2.15. The third-order valence-electron chi connectivity index (χ3n) is 4.16. The normalized spacial score (nSPS) is 17.5. The molecule has 5 nitrogen and oxygen atoms in total. The van der Waals surface area contributed by atoms with E-state index in [1.54, 1.807) is 0 Å². The first-order chi connectivity index (χ1) is 11.6. The average molecular weight is 341 g/mol. The fraction of sp³-hybridized carbons (Fsp3) is 0.222. The predicted octanol–water partition coefficient (Wildman–Crippen LogP) is 0.863. The lowest BCUT2D eigenvalue weighted by atomic mass is 10.2. The molecule has 1 heterocycles. The van der Waals surface area contributed by atoms with E-state index in [0.717, 1.165) is 10.4 Å². The number of hydrogen-bond donors (Lipinski definition) is 1. The zero-order valence-electron chi connectivity index (χ0n) is 13.2. The van der Waals surface area contributed by atoms with Gasteiger partial charge in [0, 0.05) is 6.42 Å². The molecule has 6 heteroatoms. The van der Waals surface area contributed by atoms with Gasteiger partial charge in [-0.25, -0.2) is 4.79 Å². The second-order valence-corrected chi connectivity index (χ2v) is 8.27. The zero-order valence-corrected chi connectivity index (χ0v) is 14.3. The smallest absolute Gasteiger partial charge is 0.408 e. The molecular formula is C18H19NO4Si. The number of carbonyl (C=O) groups excluding carboxylic acids is 1. The molecule has 0 bridgehead atoms. The molecule has 0 aromatic heterocycles. The molecule has 0 aliphatic carbocycles. The van der Waals surface area contributed by atoms with Crippen molar-refractivity contribution in [1.82, 2.24) is 4.90 Å². The molecule has 1 saturated heterocycles. The molecule has 1 unspecified atom stereocenters. The number of nitrogens with zero attached hydrogens (tertiary/aromatic N) is 1. The van der Waals surface area contributed by atoms with Gasteiger partial charge in [0.25, 0.3) is 0 Å². The summed E-state index contributed by atoms with van der Waals surface area (Å²) in [5.41, 5.74) is 0. The standard InChI is InChI=1S/C18H19NO4Si/c20-15-11-14(19(12-15)18(21)22)13-23-24(16-7-3-1-4-8-16)17-9-5-2-6-10-17/h1-10,14,24H,11-13H2,(H,21,22). The van der Waals surface area contributed by atoms with Crippen molar-refractivity contribution in [2.75, 3.05) is 13.2 Å². The van der Waals surface area contributed by atoms with Gasteiger partial charge in [0.05, 0.1) is 19.2 Å². The van der Waals surface area contributed by atoms with E-state index in [4.69, 9.17) is 4.43 Å². The minimum atomic E-state index is -1.92. The van der Waals surface area contributed by atoms with Gasteiger partial charge < -0.3 is 9.53 Å². The van der Waals surface area contributed by atoms with Gasteiger partial charge >= 0.3 is 6.09 Å². The highest BCUT2D eigenvalue weighted by atomic mass is 28.3. The number of rotatable bonds is 5. The molecule has 1 N–H and O–H groups in total. The lowest BCUT2D eigenvalue weighted by Gasteiger charge is -2.24. The summed E-state index contributed by atoms with van der Waals surface area (Å²) in [6.45, 7) is 0.213. The minimum absolute atomic E-state index is 0.0355. The maximum absolute atomic E-state index is 11.6. The summed E-state index contributed by atoms with van der Waals surface area (Å²) in [7, 11) is -1.92. The Hall–Kier alpha value is -2.44. The van der Waals surface area contributed by atoms with Crippen molar-refractivity contribution in [2.24, 2.45) is 0 Å². The number of amides is 1. The maximum Gasteiger partial charge on any atom is 0.408 e. The Morgan fingerprint density at radius 1 is 1.08 bits per heavy atom. The van der Waals surface area contributed by atoms with Crippen molar-refractivity contribution >= 4 is 31.3 Å². The molecule has 124 valence electrons. The first kappa shape index (κ1) is 16.4. The van der Waals surface area contributed by atoms with Gasteiger partial charge in [-0.05, 0) is 10.4 Å². The first-order valence-electron chi connectivity index (χ1n) is 7.88. The van der Waals surface area contributed by atoms with Crippen molar-refractivity contribution < 1.29 is 19.1 Å². The number of ketones is 1. The molecule has 24 heavy (non-hydrogen) atoms. The molecule has 0 spiro atoms. The molecule has 1 aliphatic heterocycles. The summed E-state index contributed by atoms with van der Waals surface area (Å²) in [5.74, 6) is -0.0522. The highest BCUT2D eigenvalue weighted by molar-refractivity contribution is 6.80. The Labute approximate surface area is 142 Å². The molecule has 1 aliphatic rings. The second-order valence-electron chi connectivity index (χ2n) is 5.84. The Bertz CT molecular complexity index is 668. The van der Waals surface area contributed by atoms with Crippen LogP contribution in [0.25, 0.3) is 0 Å². The summed E-state index contributed by atoms with van der Waals surface area (Å²) < 4.78 is 6.21. The molecule has 0 saturated carbocycles. The van der Waals surface area contributed by atoms with E-state index >= 15 is 0 Å². The SMILES string of the molecule is O=C1CC(CO[SiH](c2ccccc2)c2ccccc2)N(C(=O)O)C1. The third kappa shape index (κ3) is 3.72. The van der Waals surface area contributed by atoms with Crippen molar-refractivity contribution in [3.05, 3.63) is 60.7 Å². The predicted molar refractivity (Wildman–Crippen MR) is 93.4 cm³/mol. The molecule has 2 aromatic carbocycles. The number of benzene rings is 2. The monoisotopic (exact) mass is 341 g/mol. The number of likely N-dealkylation sites (tertiary alicyclic amines) is 1. The number of hydrogen-bond acceptors (Lipinski definition) is 3. The van der Waals surface area contributed by atoms with E-state index in [1.165, 1.54) is 4.90 Å². The summed E-state index contributed by atoms with van der Waals surface area (Å²) in [5, 5.41) is 11.5. The van der Waals surface area contributed by atoms with Crippen molar-refractivity contribution in [3.63, 3.8) is 0 Å². The van der Waals surface area contributed by atoms with Crippen LogP contribution in [0.5, 0.6) is 0 Å². The van der Waals surface area contributed by atoms with Crippen LogP contribution in [0.4, 0.5) is 4.79 Å². The van der Waals surface area contributed by atoms with E-state index in [1.807, 2.05) is 60.7 Å². The lowest BCUT2D eigenvalue weighted by Crippen LogP contribution is -2.48. The molecule has 1 amide bonds.